The van der Waals surface area contributed by atoms with Crippen molar-refractivity contribution < 1.29 is 5.11 Å². The first-order chi connectivity index (χ1) is 8.54. The first-order valence-electron chi connectivity index (χ1n) is 5.53. The summed E-state index contributed by atoms with van der Waals surface area (Å²) in [5, 5.41) is 19.5. The molecule has 18 heavy (non-hydrogen) atoms. The van der Waals surface area contributed by atoms with Gasteiger partial charge < -0.3 is 5.11 Å². The molecule has 0 aliphatic rings. The monoisotopic (exact) mass is 257 g/mol. The molecule has 2 nitrogen and oxygen atoms in total. The normalized spacial score (nSPS) is 10.1. The number of phenols is 1. The van der Waals surface area contributed by atoms with Gasteiger partial charge in [0.25, 0.3) is 0 Å². The second-order valence-corrected chi connectivity index (χ2v) is 4.59. The summed E-state index contributed by atoms with van der Waals surface area (Å²) < 4.78 is 0. The lowest BCUT2D eigenvalue weighted by Gasteiger charge is -2.12. The summed E-state index contributed by atoms with van der Waals surface area (Å²) in [7, 11) is 0. The Morgan fingerprint density at radius 2 is 1.78 bits per heavy atom. The van der Waals surface area contributed by atoms with Gasteiger partial charge in [0.2, 0.25) is 0 Å². The van der Waals surface area contributed by atoms with E-state index < -0.39 is 0 Å². The largest absolute Gasteiger partial charge is 0.507 e. The van der Waals surface area contributed by atoms with Crippen molar-refractivity contribution in [3.8, 4) is 22.9 Å². The second kappa shape index (κ2) is 4.72. The van der Waals surface area contributed by atoms with E-state index in [1.54, 1.807) is 18.2 Å². The van der Waals surface area contributed by atoms with Crippen molar-refractivity contribution >= 4 is 11.6 Å². The van der Waals surface area contributed by atoms with Crippen LogP contribution in [0.2, 0.25) is 5.02 Å². The van der Waals surface area contributed by atoms with Crippen molar-refractivity contribution in [1.82, 2.24) is 0 Å². The van der Waals surface area contributed by atoms with E-state index in [1.165, 1.54) is 0 Å². The number of halogens is 1. The minimum Gasteiger partial charge on any atom is -0.507 e. The Morgan fingerprint density at radius 1 is 1.17 bits per heavy atom. The molecular formula is C15H12ClNO. The quantitative estimate of drug-likeness (QED) is 0.832. The van der Waals surface area contributed by atoms with Crippen LogP contribution in [0, 0.1) is 25.2 Å². The number of rotatable bonds is 1. The molecule has 0 atom stereocenters. The predicted octanol–water partition coefficient (Wildman–Crippen LogP) is 4.20. The minimum absolute atomic E-state index is 0.208. The Morgan fingerprint density at radius 3 is 2.33 bits per heavy atom. The molecule has 2 aromatic carbocycles. The molecule has 2 aromatic rings. The van der Waals surface area contributed by atoms with Crippen LogP contribution in [-0.4, -0.2) is 5.11 Å². The number of hydrogen-bond acceptors (Lipinski definition) is 2. The number of hydrogen-bond donors (Lipinski definition) is 1. The summed E-state index contributed by atoms with van der Waals surface area (Å²) >= 11 is 6.20. The third-order valence-corrected chi connectivity index (χ3v) is 3.54. The zero-order valence-electron chi connectivity index (χ0n) is 10.2. The molecule has 0 heterocycles. The molecule has 0 unspecified atom stereocenters. The van der Waals surface area contributed by atoms with Crippen LogP contribution in [0.5, 0.6) is 5.75 Å². The van der Waals surface area contributed by atoms with Crippen LogP contribution in [0.25, 0.3) is 11.1 Å². The number of nitrogens with zero attached hydrogens (tertiary/aromatic N) is 1. The predicted molar refractivity (Wildman–Crippen MR) is 72.7 cm³/mol. The first kappa shape index (κ1) is 12.5. The summed E-state index contributed by atoms with van der Waals surface area (Å²) in [5.74, 6) is 0.208. The Hall–Kier alpha value is -1.98. The lowest BCUT2D eigenvalue weighted by Crippen LogP contribution is -1.89. The molecule has 3 heteroatoms. The van der Waals surface area contributed by atoms with Gasteiger partial charge in [-0.05, 0) is 48.7 Å². The Balaban J connectivity index is 2.64. The van der Waals surface area contributed by atoms with Crippen LogP contribution in [0.3, 0.4) is 0 Å². The smallest absolute Gasteiger partial charge is 0.124 e. The topological polar surface area (TPSA) is 44.0 Å². The Labute approximate surface area is 111 Å². The van der Waals surface area contributed by atoms with Crippen LogP contribution in [-0.2, 0) is 0 Å². The highest BCUT2D eigenvalue weighted by molar-refractivity contribution is 6.32. The Bertz CT molecular complexity index is 639. The van der Waals surface area contributed by atoms with Gasteiger partial charge in [-0.15, -0.1) is 0 Å². The van der Waals surface area contributed by atoms with Gasteiger partial charge >= 0.3 is 0 Å². The minimum atomic E-state index is 0.208. The van der Waals surface area contributed by atoms with E-state index in [-0.39, 0.29) is 5.75 Å². The van der Waals surface area contributed by atoms with E-state index in [9.17, 15) is 5.11 Å². The molecule has 0 aromatic heterocycles. The first-order valence-corrected chi connectivity index (χ1v) is 5.91. The third kappa shape index (κ3) is 2.05. The molecule has 0 aliphatic carbocycles. The average molecular weight is 258 g/mol. The molecule has 0 radical (unpaired) electrons. The number of phenolic OH excluding ortho intramolecular Hbond substituents is 1. The van der Waals surface area contributed by atoms with Crippen molar-refractivity contribution in [2.24, 2.45) is 0 Å². The molecule has 0 aliphatic heterocycles. The maximum atomic E-state index is 10.1. The van der Waals surface area contributed by atoms with E-state index in [2.05, 4.69) is 6.07 Å². The van der Waals surface area contributed by atoms with Crippen LogP contribution < -0.4 is 0 Å². The van der Waals surface area contributed by atoms with Crippen molar-refractivity contribution in [2.75, 3.05) is 0 Å². The summed E-state index contributed by atoms with van der Waals surface area (Å²) in [6.07, 6.45) is 0. The summed E-state index contributed by atoms with van der Waals surface area (Å²) in [5.41, 5.74) is 3.86. The molecule has 0 fully saturated rings. The second-order valence-electron chi connectivity index (χ2n) is 4.22. The van der Waals surface area contributed by atoms with Crippen LogP contribution in [0.1, 0.15) is 16.7 Å². The molecule has 0 bridgehead atoms. The number of aryl methyl sites for hydroxylation is 1. The maximum absolute atomic E-state index is 10.1. The molecule has 2 rings (SSSR count). The fraction of sp³-hybridized carbons (Fsp3) is 0.133. The van der Waals surface area contributed by atoms with Crippen LogP contribution in [0.4, 0.5) is 0 Å². The summed E-state index contributed by atoms with van der Waals surface area (Å²) in [6, 6.07) is 10.8. The molecule has 1 N–H and O–H groups in total. The maximum Gasteiger partial charge on any atom is 0.124 e. The number of nitriles is 1. The van der Waals surface area contributed by atoms with Gasteiger partial charge in [-0.25, -0.2) is 0 Å². The number of benzene rings is 2. The molecule has 90 valence electrons. The lowest BCUT2D eigenvalue weighted by molar-refractivity contribution is 0.476. The standard InChI is InChI=1S/C15H12ClNO/c1-9-7-13(18)14(10(2)15(9)16)12-5-3-11(8-17)4-6-12/h3-7,18H,1-2H3. The fourth-order valence-corrected chi connectivity index (χ4v) is 2.16. The van der Waals surface area contributed by atoms with E-state index in [0.29, 0.717) is 10.6 Å². The van der Waals surface area contributed by atoms with E-state index in [1.807, 2.05) is 26.0 Å². The molecule has 0 spiro atoms. The number of aromatic hydroxyl groups is 1. The SMILES string of the molecule is Cc1cc(O)c(-c2ccc(C#N)cc2)c(C)c1Cl. The van der Waals surface area contributed by atoms with Crippen molar-refractivity contribution in [3.05, 3.63) is 52.0 Å². The third-order valence-electron chi connectivity index (χ3n) is 2.96. The van der Waals surface area contributed by atoms with Gasteiger partial charge in [0.1, 0.15) is 5.75 Å². The zero-order chi connectivity index (χ0) is 13.3. The van der Waals surface area contributed by atoms with E-state index >= 15 is 0 Å². The van der Waals surface area contributed by atoms with Gasteiger partial charge in [-0.2, -0.15) is 5.26 Å². The molecule has 0 amide bonds. The van der Waals surface area contributed by atoms with Crippen molar-refractivity contribution in [1.29, 1.82) is 5.26 Å². The molecule has 0 saturated carbocycles. The van der Waals surface area contributed by atoms with Gasteiger partial charge in [0, 0.05) is 10.6 Å². The fourth-order valence-electron chi connectivity index (χ4n) is 2.01. The Kier molecular flexibility index (Phi) is 3.27. The van der Waals surface area contributed by atoms with E-state index in [0.717, 1.165) is 22.3 Å². The molecular weight excluding hydrogens is 246 g/mol. The lowest BCUT2D eigenvalue weighted by atomic mass is 9.96. The highest BCUT2D eigenvalue weighted by atomic mass is 35.5. The summed E-state index contributed by atoms with van der Waals surface area (Å²) in [4.78, 5) is 0. The highest BCUT2D eigenvalue weighted by Gasteiger charge is 2.13. The van der Waals surface area contributed by atoms with Gasteiger partial charge in [0.05, 0.1) is 11.6 Å². The van der Waals surface area contributed by atoms with Gasteiger partial charge in [-0.1, -0.05) is 23.7 Å². The molecule has 0 saturated heterocycles. The zero-order valence-corrected chi connectivity index (χ0v) is 10.9. The van der Waals surface area contributed by atoms with Crippen LogP contribution >= 0.6 is 11.6 Å². The summed E-state index contributed by atoms with van der Waals surface area (Å²) in [6.45, 7) is 3.74. The highest BCUT2D eigenvalue weighted by Crippen LogP contribution is 2.38. The van der Waals surface area contributed by atoms with Gasteiger partial charge in [0.15, 0.2) is 0 Å². The van der Waals surface area contributed by atoms with Gasteiger partial charge in [-0.3, -0.25) is 0 Å². The average Bonchev–Trinajstić information content (AvgIpc) is 2.37. The van der Waals surface area contributed by atoms with Crippen molar-refractivity contribution in [2.45, 2.75) is 13.8 Å². The van der Waals surface area contributed by atoms with Crippen LogP contribution in [0.15, 0.2) is 30.3 Å². The van der Waals surface area contributed by atoms with Crippen molar-refractivity contribution in [3.63, 3.8) is 0 Å². The van der Waals surface area contributed by atoms with E-state index in [4.69, 9.17) is 16.9 Å².